The molecule has 35 heavy (non-hydrogen) atoms. The van der Waals surface area contributed by atoms with Gasteiger partial charge in [-0.2, -0.15) is 13.2 Å². The smallest absolute Gasteiger partial charge is 0.432 e. The Labute approximate surface area is 205 Å². The summed E-state index contributed by atoms with van der Waals surface area (Å²) in [5, 5.41) is 0. The third kappa shape index (κ3) is 7.18. The Morgan fingerprint density at radius 2 is 1.91 bits per heavy atom. The Morgan fingerprint density at radius 1 is 1.14 bits per heavy atom. The van der Waals surface area contributed by atoms with E-state index < -0.39 is 23.9 Å². The maximum atomic E-state index is 14.1. The molecule has 4 atom stereocenters. The molecule has 5 nitrogen and oxygen atoms in total. The molecule has 0 radical (unpaired) electrons. The lowest BCUT2D eigenvalue weighted by molar-refractivity contribution is -0.278. The van der Waals surface area contributed by atoms with Crippen LogP contribution in [0.1, 0.15) is 56.9 Å². The van der Waals surface area contributed by atoms with Crippen molar-refractivity contribution in [3.8, 4) is 0 Å². The minimum atomic E-state index is -4.97. The van der Waals surface area contributed by atoms with E-state index in [4.69, 9.17) is 18.9 Å². The van der Waals surface area contributed by atoms with Gasteiger partial charge in [0.05, 0.1) is 6.61 Å². The molecule has 1 aromatic carbocycles. The first kappa shape index (κ1) is 27.4. The highest BCUT2D eigenvalue weighted by atomic mass is 19.4. The number of hydrogen-bond donors (Lipinski definition) is 0. The number of rotatable bonds is 12. The number of carbonyl (C=O) groups excluding carboxylic acids is 1. The molecule has 1 fully saturated rings. The number of unbranched alkanes of at least 4 members (excludes halogenated alkanes) is 1. The highest BCUT2D eigenvalue weighted by molar-refractivity contribution is 5.83. The molecule has 8 heteroatoms. The van der Waals surface area contributed by atoms with Crippen LogP contribution < -0.4 is 0 Å². The molecule has 1 aliphatic heterocycles. The van der Waals surface area contributed by atoms with E-state index in [-0.39, 0.29) is 17.8 Å². The standard InChI is InChI=1S/C27H35F3O5/c1-32-26(27(28,29)30,22-15-7-5-8-16-22)25(31)35-23-17-12-14-21(23)13-6-3-2-4-10-19-33-24-18-9-11-20-34-24/h2-3,5,7-8,12,14-16,21,23-24H,4,6,9-11,13,17-20H2,1H3/b3-2-/t21-,23-,24?,26?/m0/s1. The molecule has 0 spiro atoms. The number of hydrogen-bond acceptors (Lipinski definition) is 5. The van der Waals surface area contributed by atoms with Crippen LogP contribution in [0.3, 0.4) is 0 Å². The van der Waals surface area contributed by atoms with Gasteiger partial charge in [0.15, 0.2) is 6.29 Å². The van der Waals surface area contributed by atoms with Crippen LogP contribution in [0, 0.1) is 5.92 Å². The summed E-state index contributed by atoms with van der Waals surface area (Å²) in [5.41, 5.74) is -3.46. The Morgan fingerprint density at radius 3 is 2.60 bits per heavy atom. The van der Waals surface area contributed by atoms with Crippen LogP contribution in [0.5, 0.6) is 0 Å². The van der Waals surface area contributed by atoms with Crippen molar-refractivity contribution in [2.45, 2.75) is 75.5 Å². The van der Waals surface area contributed by atoms with E-state index >= 15 is 0 Å². The molecule has 2 aliphatic rings. The van der Waals surface area contributed by atoms with Gasteiger partial charge >= 0.3 is 12.1 Å². The third-order valence-electron chi connectivity index (χ3n) is 6.45. The second-order valence-electron chi connectivity index (χ2n) is 8.88. The number of methoxy groups -OCH3 is 1. The molecule has 1 aromatic rings. The Balaban J connectivity index is 1.46. The third-order valence-corrected chi connectivity index (χ3v) is 6.45. The molecule has 1 saturated heterocycles. The number of carbonyl (C=O) groups is 1. The molecular formula is C27H35F3O5. The fraction of sp³-hybridized carbons (Fsp3) is 0.593. The lowest BCUT2D eigenvalue weighted by atomic mass is 9.92. The average Bonchev–Trinajstić information content (AvgIpc) is 3.28. The summed E-state index contributed by atoms with van der Waals surface area (Å²) in [6, 6.07) is 6.89. The van der Waals surface area contributed by atoms with Crippen LogP contribution in [-0.2, 0) is 29.3 Å². The van der Waals surface area contributed by atoms with Crippen molar-refractivity contribution < 1.29 is 36.9 Å². The molecule has 0 saturated carbocycles. The molecular weight excluding hydrogens is 461 g/mol. The second-order valence-corrected chi connectivity index (χ2v) is 8.88. The summed E-state index contributed by atoms with van der Waals surface area (Å²) in [6.45, 7) is 1.42. The molecule has 0 N–H and O–H groups in total. The average molecular weight is 497 g/mol. The normalized spacial score (nSPS) is 24.5. The summed E-state index contributed by atoms with van der Waals surface area (Å²) in [6.07, 6.45) is 8.97. The Kier molecular flexibility index (Phi) is 10.4. The van der Waals surface area contributed by atoms with E-state index in [2.05, 4.69) is 12.2 Å². The number of allylic oxidation sites excluding steroid dienone is 2. The number of esters is 1. The van der Waals surface area contributed by atoms with Crippen LogP contribution in [0.25, 0.3) is 0 Å². The van der Waals surface area contributed by atoms with Gasteiger partial charge in [0, 0.05) is 31.6 Å². The topological polar surface area (TPSA) is 54.0 Å². The zero-order valence-electron chi connectivity index (χ0n) is 20.2. The largest absolute Gasteiger partial charge is 0.459 e. The molecule has 1 aliphatic carbocycles. The van der Waals surface area contributed by atoms with Crippen LogP contribution in [-0.4, -0.2) is 44.9 Å². The van der Waals surface area contributed by atoms with Gasteiger partial charge in [-0.25, -0.2) is 4.79 Å². The van der Waals surface area contributed by atoms with Gasteiger partial charge in [0.25, 0.3) is 5.60 Å². The first-order valence-corrected chi connectivity index (χ1v) is 12.3. The first-order chi connectivity index (χ1) is 16.9. The maximum Gasteiger partial charge on any atom is 0.432 e. The zero-order valence-corrected chi connectivity index (χ0v) is 20.2. The monoisotopic (exact) mass is 496 g/mol. The first-order valence-electron chi connectivity index (χ1n) is 12.3. The predicted molar refractivity (Wildman–Crippen MR) is 125 cm³/mol. The Bertz CT molecular complexity index is 833. The number of halogens is 3. The summed E-state index contributed by atoms with van der Waals surface area (Å²) < 4.78 is 63.8. The molecule has 0 aromatic heterocycles. The zero-order chi connectivity index (χ0) is 25.2. The van der Waals surface area contributed by atoms with Gasteiger partial charge in [-0.15, -0.1) is 0 Å². The van der Waals surface area contributed by atoms with Crippen molar-refractivity contribution in [1.29, 1.82) is 0 Å². The maximum absolute atomic E-state index is 14.1. The van der Waals surface area contributed by atoms with Crippen molar-refractivity contribution in [3.05, 3.63) is 60.2 Å². The second kappa shape index (κ2) is 13.2. The fourth-order valence-corrected chi connectivity index (χ4v) is 4.49. The molecule has 3 rings (SSSR count). The van der Waals surface area contributed by atoms with Gasteiger partial charge < -0.3 is 18.9 Å². The minimum Gasteiger partial charge on any atom is -0.459 e. The summed E-state index contributed by atoms with van der Waals surface area (Å²) >= 11 is 0. The number of benzene rings is 1. The lowest BCUT2D eigenvalue weighted by Gasteiger charge is -2.34. The van der Waals surface area contributed by atoms with Gasteiger partial charge in [-0.05, 0) is 44.9 Å². The highest BCUT2D eigenvalue weighted by Gasteiger charge is 2.64. The number of ether oxygens (including phenoxy) is 4. The van der Waals surface area contributed by atoms with Gasteiger partial charge in [0.2, 0.25) is 0 Å². The summed E-state index contributed by atoms with van der Waals surface area (Å²) in [4.78, 5) is 12.9. The van der Waals surface area contributed by atoms with E-state index in [9.17, 15) is 18.0 Å². The van der Waals surface area contributed by atoms with Crippen molar-refractivity contribution in [3.63, 3.8) is 0 Å². The summed E-state index contributed by atoms with van der Waals surface area (Å²) in [7, 11) is 0.879. The SMILES string of the molecule is COC(C(=O)O[C@H]1CC=C[C@@H]1CC/C=C\CCCOC1CCCCO1)(c1ccccc1)C(F)(F)F. The van der Waals surface area contributed by atoms with Crippen molar-refractivity contribution in [2.24, 2.45) is 5.92 Å². The fourth-order valence-electron chi connectivity index (χ4n) is 4.49. The molecule has 1 heterocycles. The lowest BCUT2D eigenvalue weighted by Crippen LogP contribution is -2.52. The van der Waals surface area contributed by atoms with Crippen molar-refractivity contribution >= 4 is 5.97 Å². The van der Waals surface area contributed by atoms with Gasteiger partial charge in [0.1, 0.15) is 6.10 Å². The van der Waals surface area contributed by atoms with Crippen LogP contribution in [0.4, 0.5) is 13.2 Å². The van der Waals surface area contributed by atoms with E-state index in [1.807, 2.05) is 12.2 Å². The van der Waals surface area contributed by atoms with E-state index in [1.54, 1.807) is 6.07 Å². The molecule has 194 valence electrons. The van der Waals surface area contributed by atoms with Gasteiger partial charge in [-0.1, -0.05) is 54.6 Å². The van der Waals surface area contributed by atoms with Crippen molar-refractivity contribution in [2.75, 3.05) is 20.3 Å². The van der Waals surface area contributed by atoms with E-state index in [0.717, 1.165) is 52.2 Å². The molecule has 0 bridgehead atoms. The minimum absolute atomic E-state index is 0.0717. The van der Waals surface area contributed by atoms with E-state index in [0.29, 0.717) is 19.4 Å². The Hall–Kier alpha value is -2.16. The molecule has 0 amide bonds. The van der Waals surface area contributed by atoms with Crippen LogP contribution >= 0.6 is 0 Å². The highest BCUT2D eigenvalue weighted by Crippen LogP contribution is 2.44. The summed E-state index contributed by atoms with van der Waals surface area (Å²) in [5.74, 6) is -1.58. The van der Waals surface area contributed by atoms with E-state index in [1.165, 1.54) is 24.3 Å². The quantitative estimate of drug-likeness (QED) is 0.195. The molecule has 2 unspecified atom stereocenters. The predicted octanol–water partition coefficient (Wildman–Crippen LogP) is 6.24. The van der Waals surface area contributed by atoms with Crippen LogP contribution in [0.15, 0.2) is 54.6 Å². The van der Waals surface area contributed by atoms with Gasteiger partial charge in [-0.3, -0.25) is 0 Å². The van der Waals surface area contributed by atoms with Crippen LogP contribution in [0.2, 0.25) is 0 Å². The number of alkyl halides is 3. The van der Waals surface area contributed by atoms with Crippen molar-refractivity contribution in [1.82, 2.24) is 0 Å².